The summed E-state index contributed by atoms with van der Waals surface area (Å²) in [5.41, 5.74) is 3.86. The van der Waals surface area contributed by atoms with Crippen LogP contribution in [0, 0.1) is 11.3 Å². The fourth-order valence-electron chi connectivity index (χ4n) is 2.94. The van der Waals surface area contributed by atoms with Crippen molar-refractivity contribution in [1.29, 1.82) is 5.41 Å². The van der Waals surface area contributed by atoms with E-state index in [0.717, 1.165) is 29.6 Å². The summed E-state index contributed by atoms with van der Waals surface area (Å²) in [5.74, 6) is -0.174. The number of rotatable bonds is 5. The molecule has 0 bridgehead atoms. The van der Waals surface area contributed by atoms with Crippen LogP contribution >= 0.6 is 0 Å². The Bertz CT molecular complexity index is 810. The third-order valence-corrected chi connectivity index (χ3v) is 4.37. The van der Waals surface area contributed by atoms with Crippen molar-refractivity contribution >= 4 is 28.8 Å². The Hall–Kier alpha value is -2.76. The van der Waals surface area contributed by atoms with Gasteiger partial charge in [0.25, 0.3) is 0 Å². The van der Waals surface area contributed by atoms with Gasteiger partial charge in [-0.25, -0.2) is 4.98 Å². The van der Waals surface area contributed by atoms with E-state index in [-0.39, 0.29) is 17.9 Å². The number of allylic oxidation sites excluding steroid dienone is 2. The van der Waals surface area contributed by atoms with E-state index in [9.17, 15) is 4.79 Å². The Kier molecular flexibility index (Phi) is 4.55. The van der Waals surface area contributed by atoms with Crippen molar-refractivity contribution in [1.82, 2.24) is 15.3 Å². The lowest BCUT2D eigenvalue weighted by atomic mass is 9.80. The molecule has 1 fully saturated rings. The van der Waals surface area contributed by atoms with Crippen LogP contribution in [0.5, 0.6) is 0 Å². The molecule has 0 aliphatic heterocycles. The smallest absolute Gasteiger partial charge is 0.308 e. The van der Waals surface area contributed by atoms with Gasteiger partial charge in [-0.3, -0.25) is 9.78 Å². The van der Waals surface area contributed by atoms with E-state index in [1.165, 1.54) is 13.3 Å². The second kappa shape index (κ2) is 6.78. The topological polar surface area (TPSA) is 88.0 Å². The first-order valence-electron chi connectivity index (χ1n) is 7.90. The van der Waals surface area contributed by atoms with E-state index < -0.39 is 0 Å². The molecule has 1 aliphatic carbocycles. The van der Waals surface area contributed by atoms with Crippen LogP contribution in [-0.4, -0.2) is 35.3 Å². The molecular weight excluding hydrogens is 304 g/mol. The lowest BCUT2D eigenvalue weighted by molar-refractivity contribution is -0.149. The molecule has 0 atom stereocenters. The van der Waals surface area contributed by atoms with Crippen LogP contribution in [0.1, 0.15) is 25.5 Å². The van der Waals surface area contributed by atoms with Crippen molar-refractivity contribution in [3.63, 3.8) is 0 Å². The number of esters is 1. The Morgan fingerprint density at radius 2 is 2.04 bits per heavy atom. The van der Waals surface area contributed by atoms with Crippen molar-refractivity contribution in [2.75, 3.05) is 7.11 Å². The first-order valence-corrected chi connectivity index (χ1v) is 7.90. The molecule has 0 unspecified atom stereocenters. The summed E-state index contributed by atoms with van der Waals surface area (Å²) < 4.78 is 4.75. The molecule has 1 aromatic carbocycles. The molecule has 24 heavy (non-hydrogen) atoms. The van der Waals surface area contributed by atoms with Gasteiger partial charge in [0, 0.05) is 23.5 Å². The molecule has 124 valence electrons. The van der Waals surface area contributed by atoms with Gasteiger partial charge in [0.2, 0.25) is 0 Å². The highest BCUT2D eigenvalue weighted by molar-refractivity contribution is 6.08. The van der Waals surface area contributed by atoms with Gasteiger partial charge in [0.15, 0.2) is 0 Å². The molecule has 2 aromatic rings. The van der Waals surface area contributed by atoms with E-state index in [1.54, 1.807) is 6.20 Å². The highest BCUT2D eigenvalue weighted by atomic mass is 16.5. The van der Waals surface area contributed by atoms with Gasteiger partial charge < -0.3 is 15.5 Å². The normalized spacial score (nSPS) is 20.8. The average Bonchev–Trinajstić information content (AvgIpc) is 2.57. The van der Waals surface area contributed by atoms with Crippen molar-refractivity contribution in [2.45, 2.75) is 25.8 Å². The summed E-state index contributed by atoms with van der Waals surface area (Å²) in [6.45, 7) is 1.92. The molecule has 0 saturated heterocycles. The number of carbonyl (C=O) groups excluding carboxylic acids is 1. The van der Waals surface area contributed by atoms with Gasteiger partial charge in [0.1, 0.15) is 0 Å². The van der Waals surface area contributed by atoms with Crippen LogP contribution < -0.4 is 5.32 Å². The lowest BCUT2D eigenvalue weighted by Crippen LogP contribution is -2.44. The number of ether oxygens (including phenoxy) is 1. The molecule has 3 rings (SSSR count). The number of hydrogen-bond donors (Lipinski definition) is 2. The van der Waals surface area contributed by atoms with Crippen LogP contribution in [0.3, 0.4) is 0 Å². The van der Waals surface area contributed by atoms with Crippen molar-refractivity contribution in [2.24, 2.45) is 5.92 Å². The van der Waals surface area contributed by atoms with Gasteiger partial charge >= 0.3 is 5.97 Å². The monoisotopic (exact) mass is 324 g/mol. The molecule has 1 aliphatic rings. The number of para-hydroxylation sites is 2. The van der Waals surface area contributed by atoms with Crippen LogP contribution in [-0.2, 0) is 9.53 Å². The summed E-state index contributed by atoms with van der Waals surface area (Å²) in [5, 5.41) is 11.1. The quantitative estimate of drug-likeness (QED) is 0.652. The van der Waals surface area contributed by atoms with E-state index in [0.29, 0.717) is 11.3 Å². The minimum atomic E-state index is -0.151. The van der Waals surface area contributed by atoms with Gasteiger partial charge in [0.05, 0.1) is 36.0 Å². The summed E-state index contributed by atoms with van der Waals surface area (Å²) in [6.07, 6.45) is 4.47. The van der Waals surface area contributed by atoms with Crippen molar-refractivity contribution in [3.8, 4) is 0 Å². The molecule has 0 amide bonds. The predicted molar refractivity (Wildman–Crippen MR) is 92.6 cm³/mol. The number of benzene rings is 1. The molecular formula is C18H20N4O2. The maximum absolute atomic E-state index is 11.4. The number of fused-ring (bicyclic) bond motifs is 1. The van der Waals surface area contributed by atoms with Crippen LogP contribution in [0.25, 0.3) is 16.6 Å². The highest BCUT2D eigenvalue weighted by Crippen LogP contribution is 2.29. The molecule has 0 radical (unpaired) electrons. The number of nitrogens with one attached hydrogen (secondary N) is 2. The minimum Gasteiger partial charge on any atom is -0.469 e. The van der Waals surface area contributed by atoms with E-state index in [2.05, 4.69) is 15.3 Å². The largest absolute Gasteiger partial charge is 0.469 e. The van der Waals surface area contributed by atoms with Gasteiger partial charge in [-0.05, 0) is 31.9 Å². The molecule has 2 N–H and O–H groups in total. The Morgan fingerprint density at radius 1 is 1.33 bits per heavy atom. The zero-order valence-electron chi connectivity index (χ0n) is 13.7. The van der Waals surface area contributed by atoms with E-state index in [1.807, 2.05) is 31.2 Å². The van der Waals surface area contributed by atoms with Gasteiger partial charge in [-0.1, -0.05) is 12.1 Å². The summed E-state index contributed by atoms with van der Waals surface area (Å²) >= 11 is 0. The fraction of sp³-hybridized carbons (Fsp3) is 0.333. The third-order valence-electron chi connectivity index (χ3n) is 4.37. The maximum atomic E-state index is 11.4. The van der Waals surface area contributed by atoms with Crippen molar-refractivity contribution < 1.29 is 9.53 Å². The third kappa shape index (κ3) is 3.13. The van der Waals surface area contributed by atoms with Gasteiger partial charge in [-0.15, -0.1) is 0 Å². The number of methoxy groups -OCH3 is 1. The summed E-state index contributed by atoms with van der Waals surface area (Å²) in [4.78, 5) is 20.4. The molecule has 6 heteroatoms. The number of carbonyl (C=O) groups is 1. The zero-order chi connectivity index (χ0) is 17.1. The standard InChI is InChI=1S/C18H20N4O2/c1-11(21-13-7-12(8-13)18(23)24-2)14(9-19)17-10-20-15-5-3-4-6-16(15)22-17/h3-6,9-10,12-13,19,21H,7-8H2,1-2H3/b14-11+,19-9?. The highest BCUT2D eigenvalue weighted by Gasteiger charge is 2.35. The second-order valence-electron chi connectivity index (χ2n) is 5.96. The first kappa shape index (κ1) is 16.1. The summed E-state index contributed by atoms with van der Waals surface area (Å²) in [7, 11) is 1.42. The number of nitrogens with zero attached hydrogens (tertiary/aromatic N) is 2. The number of hydrogen-bond acceptors (Lipinski definition) is 6. The number of aromatic nitrogens is 2. The van der Waals surface area contributed by atoms with Crippen LogP contribution in [0.2, 0.25) is 0 Å². The van der Waals surface area contributed by atoms with E-state index >= 15 is 0 Å². The van der Waals surface area contributed by atoms with Crippen LogP contribution in [0.4, 0.5) is 0 Å². The fourth-order valence-corrected chi connectivity index (χ4v) is 2.94. The van der Waals surface area contributed by atoms with Crippen molar-refractivity contribution in [3.05, 3.63) is 41.9 Å². The molecule has 6 nitrogen and oxygen atoms in total. The zero-order valence-corrected chi connectivity index (χ0v) is 13.7. The van der Waals surface area contributed by atoms with Crippen LogP contribution in [0.15, 0.2) is 36.2 Å². The maximum Gasteiger partial charge on any atom is 0.308 e. The molecule has 1 heterocycles. The second-order valence-corrected chi connectivity index (χ2v) is 5.96. The molecule has 1 saturated carbocycles. The van der Waals surface area contributed by atoms with E-state index in [4.69, 9.17) is 10.1 Å². The Morgan fingerprint density at radius 3 is 2.71 bits per heavy atom. The average molecular weight is 324 g/mol. The first-order chi connectivity index (χ1) is 11.6. The van der Waals surface area contributed by atoms with Gasteiger partial charge in [-0.2, -0.15) is 0 Å². The summed E-state index contributed by atoms with van der Waals surface area (Å²) in [6, 6.07) is 7.87. The Balaban J connectivity index is 1.77. The SMILES string of the molecule is COC(=O)C1CC(N/C(C)=C(\C=N)c2cnc3ccccc3n2)C1. The molecule has 1 aromatic heterocycles. The molecule has 0 spiro atoms. The Labute approximate surface area is 140 Å². The predicted octanol–water partition coefficient (Wildman–Crippen LogP) is 2.55. The minimum absolute atomic E-state index is 0.0239. The lowest BCUT2D eigenvalue weighted by Gasteiger charge is -2.35.